The average molecular weight is 826 g/mol. The van der Waals surface area contributed by atoms with E-state index in [1.165, 1.54) is 33.4 Å². The van der Waals surface area contributed by atoms with Crippen molar-refractivity contribution in [1.82, 2.24) is 47.0 Å². The molecule has 56 heavy (non-hydrogen) atoms. The molecule has 358 valence electrons. The van der Waals surface area contributed by atoms with E-state index in [2.05, 4.69) is 106 Å². The van der Waals surface area contributed by atoms with E-state index in [9.17, 15) is 0 Å². The number of hydrogen-bond acceptors (Lipinski definition) is 15. The fraction of sp³-hybridized carbons (Fsp3) is 0.854. The first-order chi connectivity index (χ1) is 26.8. The van der Waals surface area contributed by atoms with E-state index >= 15 is 0 Å². The molecule has 0 aromatic heterocycles. The molecule has 0 atom stereocenters. The summed E-state index contributed by atoms with van der Waals surface area (Å²) in [5.74, 6) is 0. The van der Waals surface area contributed by atoms with Gasteiger partial charge in [-0.15, -0.1) is 0 Å². The molecule has 0 aliphatic rings. The van der Waals surface area contributed by atoms with Gasteiger partial charge >= 0.3 is 0 Å². The van der Waals surface area contributed by atoms with Gasteiger partial charge in [0.25, 0.3) is 0 Å². The van der Waals surface area contributed by atoms with Crippen LogP contribution in [0.2, 0.25) is 0 Å². The Morgan fingerprint density at radius 3 is 0.875 bits per heavy atom. The Labute approximate surface area is 355 Å². The third-order valence-electron chi connectivity index (χ3n) is 3.54. The summed E-state index contributed by atoms with van der Waals surface area (Å²) in [4.78, 5) is 3.75. The SMILES string of the molecule is C=CC=C.CC.CC=CC.CCC.CCCC.CCNC.CN.CN.CN(C)CO.CNCCNC.CNCCO.CNCN(C)C.CNCO.CNCOC. The van der Waals surface area contributed by atoms with Crippen molar-refractivity contribution in [2.75, 3.05) is 158 Å². The Hall–Kier alpha value is -1.38. The van der Waals surface area contributed by atoms with Crippen molar-refractivity contribution in [1.29, 1.82) is 0 Å². The Balaban J connectivity index is -0.0000000286. The molecule has 0 aromatic rings. The number of nitrogens with one attached hydrogen (secondary N) is 7. The van der Waals surface area contributed by atoms with Gasteiger partial charge in [0.15, 0.2) is 0 Å². The van der Waals surface area contributed by atoms with E-state index in [1.807, 2.05) is 89.2 Å². The fourth-order valence-electron chi connectivity index (χ4n) is 0.822. The van der Waals surface area contributed by atoms with Crippen LogP contribution in [0.4, 0.5) is 0 Å². The zero-order valence-electron chi connectivity index (χ0n) is 42.5. The van der Waals surface area contributed by atoms with Crippen LogP contribution in [0.1, 0.15) is 81.6 Å². The van der Waals surface area contributed by atoms with Crippen molar-refractivity contribution in [2.45, 2.75) is 81.6 Å². The molecule has 0 rings (SSSR count). The highest BCUT2D eigenvalue weighted by atomic mass is 16.5. The van der Waals surface area contributed by atoms with Gasteiger partial charge in [-0.2, -0.15) is 0 Å². The topological polar surface area (TPSA) is 213 Å². The van der Waals surface area contributed by atoms with Gasteiger partial charge in [-0.05, 0) is 112 Å². The molecule has 0 spiro atoms. The quantitative estimate of drug-likeness (QED) is 0.0524. The Morgan fingerprint density at radius 2 is 0.857 bits per heavy atom. The summed E-state index contributed by atoms with van der Waals surface area (Å²) in [6, 6.07) is 0. The van der Waals surface area contributed by atoms with E-state index in [-0.39, 0.29) is 20.1 Å². The molecule has 0 amide bonds. The van der Waals surface area contributed by atoms with Gasteiger partial charge in [0.2, 0.25) is 0 Å². The van der Waals surface area contributed by atoms with Crippen molar-refractivity contribution in [3.05, 3.63) is 37.5 Å². The average Bonchev–Trinajstić information content (AvgIpc) is 3.24. The molecule has 0 saturated heterocycles. The molecule has 15 heteroatoms. The largest absolute Gasteiger partial charge is 0.395 e. The third kappa shape index (κ3) is 575. The number of aliphatic hydroxyl groups is 3. The summed E-state index contributed by atoms with van der Waals surface area (Å²) in [5, 5.41) is 43.8. The predicted molar refractivity (Wildman–Crippen MR) is 263 cm³/mol. The molecule has 0 aromatic carbocycles. The van der Waals surface area contributed by atoms with Gasteiger partial charge in [0.1, 0.15) is 0 Å². The minimum atomic E-state index is 0.0694. The maximum Gasteiger partial charge on any atom is 0.0958 e. The minimum Gasteiger partial charge on any atom is -0.395 e. The number of nitrogens with two attached hydrogens (primary N) is 2. The number of aliphatic hydroxyl groups excluding tert-OH is 3. The highest BCUT2D eigenvalue weighted by Crippen LogP contribution is 1.76. The fourth-order valence-corrected chi connectivity index (χ4v) is 0.822. The zero-order valence-corrected chi connectivity index (χ0v) is 42.5. The van der Waals surface area contributed by atoms with Gasteiger partial charge in [-0.25, -0.2) is 0 Å². The summed E-state index contributed by atoms with van der Waals surface area (Å²) >= 11 is 0. The number of likely N-dealkylation sites (N-methyl/N-ethyl adjacent to an activating group) is 3. The van der Waals surface area contributed by atoms with Gasteiger partial charge in [0, 0.05) is 33.4 Å². The first-order valence-electron chi connectivity index (χ1n) is 19.9. The van der Waals surface area contributed by atoms with Crippen LogP contribution in [-0.4, -0.2) is 183 Å². The van der Waals surface area contributed by atoms with Gasteiger partial charge < -0.3 is 58.1 Å². The lowest BCUT2D eigenvalue weighted by Crippen LogP contribution is -2.24. The molecule has 15 nitrogen and oxygen atoms in total. The molecule has 14 N–H and O–H groups in total. The second kappa shape index (κ2) is 181. The summed E-state index contributed by atoms with van der Waals surface area (Å²) in [6.07, 6.45) is 11.2. The first kappa shape index (κ1) is 95.2. The number of methoxy groups -OCH3 is 1. The second-order valence-electron chi connectivity index (χ2n) is 9.70. The number of allylic oxidation sites excluding steroid dienone is 4. The number of unbranched alkanes of at least 4 members (excludes halogenated alkanes) is 1. The van der Waals surface area contributed by atoms with Crippen LogP contribution in [0.25, 0.3) is 0 Å². The highest BCUT2D eigenvalue weighted by Gasteiger charge is 1.77. The zero-order chi connectivity index (χ0) is 48.1. The predicted octanol–water partition coefficient (Wildman–Crippen LogP) is 3.38. The maximum absolute atomic E-state index is 8.07. The van der Waals surface area contributed by atoms with Gasteiger partial charge in [-0.1, -0.05) is 105 Å². The number of rotatable bonds is 14. The second-order valence-corrected chi connectivity index (χ2v) is 9.70. The van der Waals surface area contributed by atoms with Crippen LogP contribution in [0.3, 0.4) is 0 Å². The van der Waals surface area contributed by atoms with Crippen LogP contribution >= 0.6 is 0 Å². The van der Waals surface area contributed by atoms with Gasteiger partial charge in [-0.3, -0.25) is 20.4 Å². The van der Waals surface area contributed by atoms with Crippen molar-refractivity contribution < 1.29 is 20.1 Å². The van der Waals surface area contributed by atoms with Crippen LogP contribution in [0.15, 0.2) is 37.5 Å². The lowest BCUT2D eigenvalue weighted by Gasteiger charge is -2.05. The Morgan fingerprint density at radius 1 is 0.571 bits per heavy atom. The monoisotopic (exact) mass is 826 g/mol. The molecule has 0 saturated carbocycles. The van der Waals surface area contributed by atoms with Crippen molar-refractivity contribution in [3.63, 3.8) is 0 Å². The minimum absolute atomic E-state index is 0.0694. The molecular weight excluding hydrogens is 711 g/mol. The summed E-state index contributed by atoms with van der Waals surface area (Å²) in [5.41, 5.74) is 9.00. The van der Waals surface area contributed by atoms with Crippen LogP contribution in [-0.2, 0) is 4.74 Å². The molecule has 0 aliphatic heterocycles. The van der Waals surface area contributed by atoms with Crippen molar-refractivity contribution in [3.8, 4) is 0 Å². The van der Waals surface area contributed by atoms with E-state index in [1.54, 1.807) is 52.4 Å². The number of hydrogen-bond donors (Lipinski definition) is 12. The summed E-state index contributed by atoms with van der Waals surface area (Å²) in [6.45, 7) is 31.3. The molecule has 0 fully saturated rings. The molecule has 0 aliphatic carbocycles. The number of nitrogens with zero attached hydrogens (tertiary/aromatic N) is 2. The Kier molecular flexibility index (Phi) is 308. The highest BCUT2D eigenvalue weighted by molar-refractivity contribution is 4.88. The lowest BCUT2D eigenvalue weighted by molar-refractivity contribution is 0.157. The van der Waals surface area contributed by atoms with E-state index < -0.39 is 0 Å². The van der Waals surface area contributed by atoms with E-state index in [4.69, 9.17) is 15.3 Å². The standard InChI is InChI=1S/2C4H12N2.C4H10.C4H8.C4H6.3C3H9NO.C3H9N.C3H8.C2H7NO.C2H6.2CH5N/c1-5-4-6(2)3;1-5-3-4-6-2;3*1-3-4-2;1-4-3-5-2;1-4(2)3-5;1-4-2-3-5;1-3-4-2;1-3-2;1-3-2-4;3*1-2/h5H,4H2,1-3H3;5-6H,3-4H2,1-2H3;3-4H2,1-2H3;3-4H,1-2H3;3-4H,1-2H2;4H,3H2,1-2H3;5H,3H2,1-2H3;4-5H,2-3H2,1H3;4H,3H2,1-2H3;3H2,1-2H3;3-4H,2H2,1H3;1-2H3;2*2H2,1H3. The lowest BCUT2D eigenvalue weighted by atomic mass is 10.4. The molecular formula is C41H115N11O4. The van der Waals surface area contributed by atoms with Crippen molar-refractivity contribution >= 4 is 0 Å². The summed E-state index contributed by atoms with van der Waals surface area (Å²) < 4.78 is 4.58. The smallest absolute Gasteiger partial charge is 0.0958 e. The van der Waals surface area contributed by atoms with Crippen LogP contribution in [0.5, 0.6) is 0 Å². The summed E-state index contributed by atoms with van der Waals surface area (Å²) in [7, 11) is 25.4. The van der Waals surface area contributed by atoms with Crippen LogP contribution < -0.4 is 48.7 Å². The first-order valence-corrected chi connectivity index (χ1v) is 19.9. The van der Waals surface area contributed by atoms with Crippen LogP contribution in [0, 0.1) is 0 Å². The van der Waals surface area contributed by atoms with E-state index in [0.717, 1.165) is 26.3 Å². The Bertz CT molecular complexity index is 393. The normalized spacial score (nSPS) is 7.68. The third-order valence-corrected chi connectivity index (χ3v) is 3.54. The van der Waals surface area contributed by atoms with Crippen molar-refractivity contribution in [2.24, 2.45) is 11.5 Å². The molecule has 0 unspecified atom stereocenters. The molecule has 0 radical (unpaired) electrons. The maximum atomic E-state index is 8.07. The number of ether oxygens (including phenoxy) is 1. The van der Waals surface area contributed by atoms with Gasteiger partial charge in [0.05, 0.1) is 26.8 Å². The van der Waals surface area contributed by atoms with E-state index in [0.29, 0.717) is 13.3 Å². The molecule has 0 heterocycles. The molecule has 0 bridgehead atoms.